The van der Waals surface area contributed by atoms with E-state index in [0.29, 0.717) is 6.04 Å². The first kappa shape index (κ1) is 11.4. The van der Waals surface area contributed by atoms with Gasteiger partial charge in [-0.15, -0.1) is 0 Å². The third-order valence-electron chi connectivity index (χ3n) is 2.54. The Kier molecular flexibility index (Phi) is 3.80. The molecular formula is C13H14BrNO. The fourth-order valence-corrected chi connectivity index (χ4v) is 1.97. The van der Waals surface area contributed by atoms with E-state index >= 15 is 0 Å². The fraction of sp³-hybridized carbons (Fsp3) is 0.231. The van der Waals surface area contributed by atoms with Crippen molar-refractivity contribution in [3.63, 3.8) is 0 Å². The molecule has 16 heavy (non-hydrogen) atoms. The summed E-state index contributed by atoms with van der Waals surface area (Å²) in [6, 6.07) is 10.6. The standard InChI is InChI=1S/C13H14BrNO/c1-10(12-3-2-4-13(14)7-12)15-8-11-5-6-16-9-11/h2-7,9-10,15H,8H2,1H3/t10-/m1/s1. The van der Waals surface area contributed by atoms with Crippen LogP contribution in [0.5, 0.6) is 0 Å². The van der Waals surface area contributed by atoms with Gasteiger partial charge in [-0.05, 0) is 30.7 Å². The van der Waals surface area contributed by atoms with Crippen molar-refractivity contribution in [3.8, 4) is 0 Å². The molecule has 1 aromatic heterocycles. The molecule has 0 radical (unpaired) electrons. The molecule has 2 nitrogen and oxygen atoms in total. The Morgan fingerprint density at radius 3 is 2.94 bits per heavy atom. The Morgan fingerprint density at radius 2 is 2.25 bits per heavy atom. The van der Waals surface area contributed by atoms with Gasteiger partial charge in [0.2, 0.25) is 0 Å². The zero-order valence-corrected chi connectivity index (χ0v) is 10.7. The maximum absolute atomic E-state index is 5.02. The fourth-order valence-electron chi connectivity index (χ4n) is 1.56. The molecule has 0 saturated heterocycles. The highest BCUT2D eigenvalue weighted by Gasteiger charge is 2.05. The van der Waals surface area contributed by atoms with Crippen molar-refractivity contribution < 1.29 is 4.42 Å². The first-order valence-electron chi connectivity index (χ1n) is 5.25. The van der Waals surface area contributed by atoms with Crippen molar-refractivity contribution in [1.82, 2.24) is 5.32 Å². The SMILES string of the molecule is C[C@@H](NCc1ccoc1)c1cccc(Br)c1. The summed E-state index contributed by atoms with van der Waals surface area (Å²) in [7, 11) is 0. The lowest BCUT2D eigenvalue weighted by atomic mass is 10.1. The molecule has 0 unspecified atom stereocenters. The lowest BCUT2D eigenvalue weighted by molar-refractivity contribution is 0.546. The van der Waals surface area contributed by atoms with Gasteiger partial charge in [-0.1, -0.05) is 28.1 Å². The van der Waals surface area contributed by atoms with E-state index in [1.165, 1.54) is 11.1 Å². The van der Waals surface area contributed by atoms with Crippen LogP contribution in [0, 0.1) is 0 Å². The molecule has 2 aromatic rings. The summed E-state index contributed by atoms with van der Waals surface area (Å²) >= 11 is 3.48. The van der Waals surface area contributed by atoms with Crippen LogP contribution in [0.3, 0.4) is 0 Å². The van der Waals surface area contributed by atoms with Gasteiger partial charge in [0.1, 0.15) is 0 Å². The summed E-state index contributed by atoms with van der Waals surface area (Å²) < 4.78 is 6.14. The highest BCUT2D eigenvalue weighted by atomic mass is 79.9. The molecule has 0 spiro atoms. The minimum Gasteiger partial charge on any atom is -0.472 e. The Balaban J connectivity index is 1.95. The Bertz CT molecular complexity index is 439. The molecule has 3 heteroatoms. The molecule has 2 rings (SSSR count). The molecule has 0 saturated carbocycles. The highest BCUT2D eigenvalue weighted by molar-refractivity contribution is 9.10. The van der Waals surface area contributed by atoms with Gasteiger partial charge < -0.3 is 9.73 Å². The number of halogens is 1. The van der Waals surface area contributed by atoms with E-state index in [-0.39, 0.29) is 0 Å². The van der Waals surface area contributed by atoms with Crippen LogP contribution in [0.2, 0.25) is 0 Å². The van der Waals surface area contributed by atoms with Crippen molar-refractivity contribution in [1.29, 1.82) is 0 Å². The average Bonchev–Trinajstić information content (AvgIpc) is 2.78. The zero-order chi connectivity index (χ0) is 11.4. The van der Waals surface area contributed by atoms with Crippen molar-refractivity contribution in [2.45, 2.75) is 19.5 Å². The Hall–Kier alpha value is -1.06. The van der Waals surface area contributed by atoms with E-state index < -0.39 is 0 Å². The minimum atomic E-state index is 0.326. The van der Waals surface area contributed by atoms with Crippen molar-refractivity contribution in [2.75, 3.05) is 0 Å². The molecule has 1 heterocycles. The van der Waals surface area contributed by atoms with Crippen molar-refractivity contribution in [3.05, 3.63) is 58.5 Å². The summed E-state index contributed by atoms with van der Waals surface area (Å²) in [4.78, 5) is 0. The summed E-state index contributed by atoms with van der Waals surface area (Å²) in [6.07, 6.45) is 3.46. The normalized spacial score (nSPS) is 12.6. The van der Waals surface area contributed by atoms with Gasteiger partial charge >= 0.3 is 0 Å². The van der Waals surface area contributed by atoms with Gasteiger partial charge in [0.05, 0.1) is 12.5 Å². The van der Waals surface area contributed by atoms with Gasteiger partial charge in [-0.2, -0.15) is 0 Å². The van der Waals surface area contributed by atoms with E-state index in [0.717, 1.165) is 11.0 Å². The second-order valence-corrected chi connectivity index (χ2v) is 4.70. The van der Waals surface area contributed by atoms with Crippen LogP contribution >= 0.6 is 15.9 Å². The molecule has 1 aromatic carbocycles. The Morgan fingerprint density at radius 1 is 1.38 bits per heavy atom. The van der Waals surface area contributed by atoms with E-state index in [9.17, 15) is 0 Å². The van der Waals surface area contributed by atoms with Crippen molar-refractivity contribution in [2.24, 2.45) is 0 Å². The molecule has 0 aliphatic carbocycles. The van der Waals surface area contributed by atoms with Gasteiger partial charge in [0, 0.05) is 22.6 Å². The maximum Gasteiger partial charge on any atom is 0.0947 e. The average molecular weight is 280 g/mol. The molecule has 1 N–H and O–H groups in total. The number of rotatable bonds is 4. The summed E-state index contributed by atoms with van der Waals surface area (Å²) in [5.74, 6) is 0. The lowest BCUT2D eigenvalue weighted by Gasteiger charge is -2.13. The van der Waals surface area contributed by atoms with Gasteiger partial charge in [-0.25, -0.2) is 0 Å². The number of hydrogen-bond donors (Lipinski definition) is 1. The third kappa shape index (κ3) is 2.97. The summed E-state index contributed by atoms with van der Waals surface area (Å²) in [5.41, 5.74) is 2.44. The number of hydrogen-bond acceptors (Lipinski definition) is 2. The zero-order valence-electron chi connectivity index (χ0n) is 9.11. The molecule has 1 atom stereocenters. The van der Waals surface area contributed by atoms with Crippen LogP contribution < -0.4 is 5.32 Å². The first-order chi connectivity index (χ1) is 7.75. The topological polar surface area (TPSA) is 25.2 Å². The molecule has 0 aliphatic rings. The van der Waals surface area contributed by atoms with E-state index in [1.54, 1.807) is 12.5 Å². The maximum atomic E-state index is 5.02. The second-order valence-electron chi connectivity index (χ2n) is 3.79. The lowest BCUT2D eigenvalue weighted by Crippen LogP contribution is -2.17. The van der Waals surface area contributed by atoms with Gasteiger partial charge in [0.15, 0.2) is 0 Å². The largest absolute Gasteiger partial charge is 0.472 e. The number of benzene rings is 1. The quantitative estimate of drug-likeness (QED) is 0.919. The number of nitrogens with one attached hydrogen (secondary N) is 1. The highest BCUT2D eigenvalue weighted by Crippen LogP contribution is 2.18. The van der Waals surface area contributed by atoms with Crippen LogP contribution in [-0.4, -0.2) is 0 Å². The molecule has 0 fully saturated rings. The molecule has 84 valence electrons. The van der Waals surface area contributed by atoms with Crippen LogP contribution in [0.25, 0.3) is 0 Å². The number of furan rings is 1. The van der Waals surface area contributed by atoms with Crippen LogP contribution in [0.4, 0.5) is 0 Å². The Labute approximate surface area is 104 Å². The van der Waals surface area contributed by atoms with E-state index in [4.69, 9.17) is 4.42 Å². The van der Waals surface area contributed by atoms with Crippen molar-refractivity contribution >= 4 is 15.9 Å². The van der Waals surface area contributed by atoms with Crippen LogP contribution in [0.1, 0.15) is 24.1 Å². The summed E-state index contributed by atoms with van der Waals surface area (Å²) in [5, 5.41) is 3.45. The third-order valence-corrected chi connectivity index (χ3v) is 3.03. The van der Waals surface area contributed by atoms with E-state index in [2.05, 4.69) is 46.4 Å². The molecule has 0 aliphatic heterocycles. The van der Waals surface area contributed by atoms with Gasteiger partial charge in [0.25, 0.3) is 0 Å². The van der Waals surface area contributed by atoms with Crippen LogP contribution in [-0.2, 0) is 6.54 Å². The van der Waals surface area contributed by atoms with Crippen LogP contribution in [0.15, 0.2) is 51.7 Å². The first-order valence-corrected chi connectivity index (χ1v) is 6.05. The second kappa shape index (κ2) is 5.32. The predicted molar refractivity (Wildman–Crippen MR) is 68.1 cm³/mol. The summed E-state index contributed by atoms with van der Waals surface area (Å²) in [6.45, 7) is 2.98. The van der Waals surface area contributed by atoms with Gasteiger partial charge in [-0.3, -0.25) is 0 Å². The minimum absolute atomic E-state index is 0.326. The molecule has 0 bridgehead atoms. The predicted octanol–water partition coefficient (Wildman–Crippen LogP) is 3.89. The molecule has 0 amide bonds. The van der Waals surface area contributed by atoms with E-state index in [1.807, 2.05) is 12.1 Å². The monoisotopic (exact) mass is 279 g/mol. The smallest absolute Gasteiger partial charge is 0.0947 e. The molecular weight excluding hydrogens is 266 g/mol.